The van der Waals surface area contributed by atoms with E-state index in [2.05, 4.69) is 5.32 Å². The van der Waals surface area contributed by atoms with Crippen LogP contribution in [0.5, 0.6) is 0 Å². The zero-order valence-electron chi connectivity index (χ0n) is 12.7. The van der Waals surface area contributed by atoms with Crippen LogP contribution in [0, 0.1) is 0 Å². The van der Waals surface area contributed by atoms with Crippen molar-refractivity contribution in [3.05, 3.63) is 52.2 Å². The van der Waals surface area contributed by atoms with Gasteiger partial charge in [0.2, 0.25) is 15.9 Å². The molecule has 1 fully saturated rings. The van der Waals surface area contributed by atoms with Gasteiger partial charge in [-0.2, -0.15) is 4.31 Å². The molecule has 1 atom stereocenters. The molecule has 3 rings (SSSR count). The second-order valence-corrected chi connectivity index (χ2v) is 8.12. The van der Waals surface area contributed by atoms with E-state index in [1.54, 1.807) is 18.2 Å². The molecule has 5 nitrogen and oxygen atoms in total. The predicted octanol–water partition coefficient (Wildman–Crippen LogP) is 2.17. The molecule has 7 heteroatoms. The molecule has 0 spiro atoms. The Hall–Kier alpha value is -1.70. The fraction of sp³-hybridized carbons (Fsp3) is 0.312. The highest BCUT2D eigenvalue weighted by molar-refractivity contribution is 7.89. The summed E-state index contributed by atoms with van der Waals surface area (Å²) in [6.07, 6.45) is 0.624. The molecular weight excluding hydrogens is 332 g/mol. The number of aryl methyl sites for hydroxylation is 1. The van der Waals surface area contributed by atoms with E-state index in [9.17, 15) is 13.2 Å². The van der Waals surface area contributed by atoms with Crippen LogP contribution in [0.4, 0.5) is 0 Å². The highest BCUT2D eigenvalue weighted by atomic mass is 32.2. The number of nitrogens with zero attached hydrogens (tertiary/aromatic N) is 1. The van der Waals surface area contributed by atoms with Crippen LogP contribution < -0.4 is 5.32 Å². The monoisotopic (exact) mass is 350 g/mol. The van der Waals surface area contributed by atoms with Crippen LogP contribution in [0.15, 0.2) is 46.7 Å². The standard InChI is InChI=1S/C16H18N2O3S2/c1-2-12-6-3-4-8-14(12)23(20,21)18-10-9-17-16(19)15(18)13-7-5-11-22-13/h3-8,11,15H,2,9-10H2,1H3,(H,17,19). The number of amides is 1. The Kier molecular flexibility index (Phi) is 4.52. The van der Waals surface area contributed by atoms with E-state index >= 15 is 0 Å². The maximum Gasteiger partial charge on any atom is 0.244 e. The molecule has 1 N–H and O–H groups in total. The third kappa shape index (κ3) is 2.91. The number of piperazine rings is 1. The van der Waals surface area contributed by atoms with Gasteiger partial charge in [0, 0.05) is 18.0 Å². The minimum absolute atomic E-state index is 0.267. The van der Waals surface area contributed by atoms with E-state index in [1.165, 1.54) is 15.6 Å². The van der Waals surface area contributed by atoms with Crippen LogP contribution in [0.2, 0.25) is 0 Å². The van der Waals surface area contributed by atoms with E-state index in [1.807, 2.05) is 30.5 Å². The van der Waals surface area contributed by atoms with Gasteiger partial charge in [-0.15, -0.1) is 11.3 Å². The molecule has 122 valence electrons. The lowest BCUT2D eigenvalue weighted by molar-refractivity contribution is -0.126. The number of carbonyl (C=O) groups excluding carboxylic acids is 1. The Bertz CT molecular complexity index is 800. The number of thiophene rings is 1. The molecular formula is C16H18N2O3S2. The highest BCUT2D eigenvalue weighted by Gasteiger charge is 2.40. The topological polar surface area (TPSA) is 66.5 Å². The Morgan fingerprint density at radius 1 is 1.26 bits per heavy atom. The maximum atomic E-state index is 13.2. The Labute approximate surface area is 140 Å². The van der Waals surface area contributed by atoms with Gasteiger partial charge >= 0.3 is 0 Å². The lowest BCUT2D eigenvalue weighted by atomic mass is 10.2. The molecule has 1 aromatic heterocycles. The summed E-state index contributed by atoms with van der Waals surface area (Å²) in [5, 5.41) is 4.61. The minimum Gasteiger partial charge on any atom is -0.353 e. The van der Waals surface area contributed by atoms with E-state index < -0.39 is 16.1 Å². The van der Waals surface area contributed by atoms with Crippen LogP contribution in [0.1, 0.15) is 23.4 Å². The summed E-state index contributed by atoms with van der Waals surface area (Å²) in [6, 6.07) is 9.82. The van der Waals surface area contributed by atoms with Crippen LogP contribution in [-0.2, 0) is 21.2 Å². The van der Waals surface area contributed by atoms with Crippen LogP contribution in [0.25, 0.3) is 0 Å². The number of carbonyl (C=O) groups is 1. The number of benzene rings is 1. The highest BCUT2D eigenvalue weighted by Crippen LogP contribution is 2.33. The quantitative estimate of drug-likeness (QED) is 0.919. The van der Waals surface area contributed by atoms with Crippen molar-refractivity contribution in [1.29, 1.82) is 0 Å². The smallest absolute Gasteiger partial charge is 0.244 e. The largest absolute Gasteiger partial charge is 0.353 e. The first-order valence-corrected chi connectivity index (χ1v) is 9.78. The van der Waals surface area contributed by atoms with Gasteiger partial charge in [0.05, 0.1) is 4.90 Å². The van der Waals surface area contributed by atoms with Crippen molar-refractivity contribution in [1.82, 2.24) is 9.62 Å². The first kappa shape index (κ1) is 16.2. The lowest BCUT2D eigenvalue weighted by Crippen LogP contribution is -2.51. The molecule has 0 saturated carbocycles. The molecule has 1 unspecified atom stereocenters. The number of nitrogens with one attached hydrogen (secondary N) is 1. The Morgan fingerprint density at radius 3 is 2.74 bits per heavy atom. The average molecular weight is 350 g/mol. The van der Waals surface area contributed by atoms with Gasteiger partial charge in [-0.25, -0.2) is 8.42 Å². The van der Waals surface area contributed by atoms with E-state index in [0.717, 1.165) is 10.4 Å². The van der Waals surface area contributed by atoms with Gasteiger partial charge in [0.25, 0.3) is 0 Å². The van der Waals surface area contributed by atoms with Crippen molar-refractivity contribution in [2.24, 2.45) is 0 Å². The number of rotatable bonds is 4. The molecule has 1 aliphatic heterocycles. The summed E-state index contributed by atoms with van der Waals surface area (Å²) in [5.41, 5.74) is 0.767. The molecule has 23 heavy (non-hydrogen) atoms. The molecule has 1 aliphatic rings. The maximum absolute atomic E-state index is 13.2. The van der Waals surface area contributed by atoms with Crippen LogP contribution in [0.3, 0.4) is 0 Å². The van der Waals surface area contributed by atoms with Crippen molar-refractivity contribution in [2.45, 2.75) is 24.3 Å². The molecule has 1 aromatic carbocycles. The zero-order chi connectivity index (χ0) is 16.4. The number of hydrogen-bond donors (Lipinski definition) is 1. The molecule has 1 saturated heterocycles. The van der Waals surface area contributed by atoms with E-state index in [-0.39, 0.29) is 12.5 Å². The molecule has 0 radical (unpaired) electrons. The Balaban J connectivity index is 2.08. The Morgan fingerprint density at radius 2 is 2.04 bits per heavy atom. The predicted molar refractivity (Wildman–Crippen MR) is 89.8 cm³/mol. The summed E-state index contributed by atoms with van der Waals surface area (Å²) >= 11 is 1.39. The van der Waals surface area contributed by atoms with Crippen molar-refractivity contribution >= 4 is 27.3 Å². The molecule has 0 bridgehead atoms. The second-order valence-electron chi connectivity index (χ2n) is 5.29. The van der Waals surface area contributed by atoms with E-state index in [4.69, 9.17) is 0 Å². The first-order valence-electron chi connectivity index (χ1n) is 7.46. The molecule has 1 amide bonds. The second kappa shape index (κ2) is 6.43. The van der Waals surface area contributed by atoms with Crippen LogP contribution >= 0.6 is 11.3 Å². The summed E-state index contributed by atoms with van der Waals surface area (Å²) in [5.74, 6) is -0.267. The van der Waals surface area contributed by atoms with Gasteiger partial charge in [0.1, 0.15) is 6.04 Å². The lowest BCUT2D eigenvalue weighted by Gasteiger charge is -2.33. The summed E-state index contributed by atoms with van der Waals surface area (Å²) in [6.45, 7) is 2.52. The normalized spacial score (nSPS) is 19.5. The third-order valence-electron chi connectivity index (χ3n) is 3.92. The zero-order valence-corrected chi connectivity index (χ0v) is 14.4. The molecule has 2 heterocycles. The minimum atomic E-state index is -3.73. The first-order chi connectivity index (χ1) is 11.1. The summed E-state index contributed by atoms with van der Waals surface area (Å²) in [7, 11) is -3.73. The fourth-order valence-corrected chi connectivity index (χ4v) is 5.56. The van der Waals surface area contributed by atoms with Crippen molar-refractivity contribution in [3.63, 3.8) is 0 Å². The average Bonchev–Trinajstić information content (AvgIpc) is 3.08. The fourth-order valence-electron chi connectivity index (χ4n) is 2.80. The van der Waals surface area contributed by atoms with Gasteiger partial charge in [0.15, 0.2) is 0 Å². The molecule has 0 aliphatic carbocycles. The van der Waals surface area contributed by atoms with Crippen molar-refractivity contribution in [3.8, 4) is 0 Å². The summed E-state index contributed by atoms with van der Waals surface area (Å²) < 4.78 is 27.7. The van der Waals surface area contributed by atoms with Gasteiger partial charge in [-0.3, -0.25) is 4.79 Å². The van der Waals surface area contributed by atoms with Crippen molar-refractivity contribution < 1.29 is 13.2 Å². The SMILES string of the molecule is CCc1ccccc1S(=O)(=O)N1CCNC(=O)C1c1cccs1. The van der Waals surface area contributed by atoms with E-state index in [0.29, 0.717) is 17.9 Å². The van der Waals surface area contributed by atoms with Gasteiger partial charge in [-0.05, 0) is 29.5 Å². The molecule has 2 aromatic rings. The third-order valence-corrected chi connectivity index (χ3v) is 6.81. The summed E-state index contributed by atoms with van der Waals surface area (Å²) in [4.78, 5) is 13.4. The van der Waals surface area contributed by atoms with Crippen LogP contribution in [-0.4, -0.2) is 31.7 Å². The van der Waals surface area contributed by atoms with Crippen molar-refractivity contribution in [2.75, 3.05) is 13.1 Å². The number of sulfonamides is 1. The van der Waals surface area contributed by atoms with Gasteiger partial charge < -0.3 is 5.32 Å². The van der Waals surface area contributed by atoms with Gasteiger partial charge in [-0.1, -0.05) is 31.2 Å². The number of hydrogen-bond acceptors (Lipinski definition) is 4.